The quantitative estimate of drug-likeness (QED) is 0.669. The van der Waals surface area contributed by atoms with E-state index in [4.69, 9.17) is 0 Å². The van der Waals surface area contributed by atoms with Gasteiger partial charge in [-0.25, -0.2) is 9.37 Å². The predicted molar refractivity (Wildman–Crippen MR) is 79.8 cm³/mol. The molecule has 1 N–H and O–H groups in total. The standard InChI is InChI=1S/C15H16FN3O2/c1-3-4-17-15-9-13(19(20)21)8-14(18-15)11-5-10(2)6-12(16)7-11/h5-9H,3-4H2,1-2H3,(H,17,18). The molecule has 0 saturated heterocycles. The van der Waals surface area contributed by atoms with Crippen LogP contribution in [0, 0.1) is 22.9 Å². The van der Waals surface area contributed by atoms with E-state index >= 15 is 0 Å². The van der Waals surface area contributed by atoms with Gasteiger partial charge in [0, 0.05) is 18.2 Å². The lowest BCUT2D eigenvalue weighted by Crippen LogP contribution is -2.03. The lowest BCUT2D eigenvalue weighted by molar-refractivity contribution is -0.384. The molecule has 0 fully saturated rings. The van der Waals surface area contributed by atoms with Crippen LogP contribution in [0.2, 0.25) is 0 Å². The number of pyridine rings is 1. The summed E-state index contributed by atoms with van der Waals surface area (Å²) < 4.78 is 13.5. The molecule has 1 aromatic heterocycles. The molecular weight excluding hydrogens is 273 g/mol. The molecule has 0 amide bonds. The van der Waals surface area contributed by atoms with Crippen molar-refractivity contribution in [3.63, 3.8) is 0 Å². The number of hydrogen-bond acceptors (Lipinski definition) is 4. The molecule has 0 bridgehead atoms. The molecule has 0 atom stereocenters. The first-order valence-corrected chi connectivity index (χ1v) is 6.67. The highest BCUT2D eigenvalue weighted by atomic mass is 19.1. The second kappa shape index (κ2) is 6.30. The van der Waals surface area contributed by atoms with Crippen molar-refractivity contribution in [2.45, 2.75) is 20.3 Å². The third-order valence-corrected chi connectivity index (χ3v) is 2.91. The van der Waals surface area contributed by atoms with Crippen molar-refractivity contribution in [3.05, 3.63) is 51.8 Å². The minimum Gasteiger partial charge on any atom is -0.370 e. The molecule has 1 heterocycles. The molecule has 0 aliphatic heterocycles. The van der Waals surface area contributed by atoms with Crippen LogP contribution in [-0.4, -0.2) is 16.5 Å². The molecule has 0 aliphatic carbocycles. The molecule has 2 aromatic rings. The van der Waals surface area contributed by atoms with Crippen LogP contribution in [0.4, 0.5) is 15.9 Å². The Morgan fingerprint density at radius 1 is 1.29 bits per heavy atom. The molecule has 0 unspecified atom stereocenters. The Kier molecular flexibility index (Phi) is 4.47. The minimum absolute atomic E-state index is 0.0690. The van der Waals surface area contributed by atoms with Crippen molar-refractivity contribution in [1.29, 1.82) is 0 Å². The Hall–Kier alpha value is -2.50. The van der Waals surface area contributed by atoms with Gasteiger partial charge in [-0.1, -0.05) is 6.92 Å². The van der Waals surface area contributed by atoms with Crippen LogP contribution in [0.5, 0.6) is 0 Å². The number of benzene rings is 1. The maximum absolute atomic E-state index is 13.5. The summed E-state index contributed by atoms with van der Waals surface area (Å²) in [4.78, 5) is 14.9. The zero-order valence-corrected chi connectivity index (χ0v) is 11.9. The van der Waals surface area contributed by atoms with E-state index in [0.29, 0.717) is 23.6 Å². The second-order valence-electron chi connectivity index (χ2n) is 4.80. The van der Waals surface area contributed by atoms with Gasteiger partial charge in [-0.15, -0.1) is 0 Å². The zero-order valence-electron chi connectivity index (χ0n) is 11.9. The summed E-state index contributed by atoms with van der Waals surface area (Å²) in [6.07, 6.45) is 0.874. The Morgan fingerprint density at radius 2 is 2.05 bits per heavy atom. The van der Waals surface area contributed by atoms with Gasteiger partial charge in [0.25, 0.3) is 5.69 Å². The van der Waals surface area contributed by atoms with Crippen molar-refractivity contribution < 1.29 is 9.31 Å². The van der Waals surface area contributed by atoms with Gasteiger partial charge in [-0.2, -0.15) is 0 Å². The van der Waals surface area contributed by atoms with Crippen LogP contribution in [0.15, 0.2) is 30.3 Å². The number of anilines is 1. The molecule has 1 aromatic carbocycles. The maximum atomic E-state index is 13.5. The van der Waals surface area contributed by atoms with E-state index in [1.807, 2.05) is 6.92 Å². The molecule has 110 valence electrons. The van der Waals surface area contributed by atoms with Crippen LogP contribution in [0.3, 0.4) is 0 Å². The summed E-state index contributed by atoms with van der Waals surface area (Å²) in [6.45, 7) is 4.41. The molecule has 6 heteroatoms. The normalized spacial score (nSPS) is 10.4. The van der Waals surface area contributed by atoms with Crippen molar-refractivity contribution in [3.8, 4) is 11.3 Å². The predicted octanol–water partition coefficient (Wildman–Crippen LogP) is 3.93. The number of halogens is 1. The highest BCUT2D eigenvalue weighted by Crippen LogP contribution is 2.26. The fourth-order valence-corrected chi connectivity index (χ4v) is 2.00. The van der Waals surface area contributed by atoms with Gasteiger partial charge in [0.15, 0.2) is 0 Å². The summed E-state index contributed by atoms with van der Waals surface area (Å²) >= 11 is 0. The van der Waals surface area contributed by atoms with Crippen LogP contribution < -0.4 is 5.32 Å². The number of aryl methyl sites for hydroxylation is 1. The average molecular weight is 289 g/mol. The molecule has 0 spiro atoms. The molecule has 0 aliphatic rings. The van der Waals surface area contributed by atoms with Gasteiger partial charge in [-0.05, 0) is 37.1 Å². The average Bonchev–Trinajstić information content (AvgIpc) is 2.43. The first-order chi connectivity index (χ1) is 9.99. The Morgan fingerprint density at radius 3 is 2.67 bits per heavy atom. The third-order valence-electron chi connectivity index (χ3n) is 2.91. The minimum atomic E-state index is -0.478. The lowest BCUT2D eigenvalue weighted by atomic mass is 10.1. The van der Waals surface area contributed by atoms with Crippen LogP contribution in [0.1, 0.15) is 18.9 Å². The van der Waals surface area contributed by atoms with Gasteiger partial charge >= 0.3 is 0 Å². The van der Waals surface area contributed by atoms with Crippen LogP contribution >= 0.6 is 0 Å². The van der Waals surface area contributed by atoms with Gasteiger partial charge in [0.1, 0.15) is 11.6 Å². The number of nitrogens with zero attached hydrogens (tertiary/aromatic N) is 2. The second-order valence-corrected chi connectivity index (χ2v) is 4.80. The molecular formula is C15H16FN3O2. The fraction of sp³-hybridized carbons (Fsp3) is 0.267. The van der Waals surface area contributed by atoms with E-state index in [9.17, 15) is 14.5 Å². The lowest BCUT2D eigenvalue weighted by Gasteiger charge is -2.08. The van der Waals surface area contributed by atoms with Crippen molar-refractivity contribution in [2.75, 3.05) is 11.9 Å². The smallest absolute Gasteiger partial charge is 0.275 e. The number of hydrogen-bond donors (Lipinski definition) is 1. The number of rotatable bonds is 5. The van der Waals surface area contributed by atoms with Gasteiger partial charge in [0.05, 0.1) is 16.7 Å². The van der Waals surface area contributed by atoms with Gasteiger partial charge in [-0.3, -0.25) is 10.1 Å². The van der Waals surface area contributed by atoms with Crippen molar-refractivity contribution >= 4 is 11.5 Å². The third kappa shape index (κ3) is 3.75. The van der Waals surface area contributed by atoms with E-state index in [1.165, 1.54) is 24.3 Å². The van der Waals surface area contributed by atoms with Gasteiger partial charge < -0.3 is 5.32 Å². The van der Waals surface area contributed by atoms with Crippen molar-refractivity contribution in [2.24, 2.45) is 0 Å². The Bertz CT molecular complexity index is 654. The largest absolute Gasteiger partial charge is 0.370 e. The summed E-state index contributed by atoms with van der Waals surface area (Å²) in [5, 5.41) is 14.0. The number of nitrogens with one attached hydrogen (secondary N) is 1. The molecule has 0 saturated carbocycles. The Balaban J connectivity index is 2.50. The highest BCUT2D eigenvalue weighted by Gasteiger charge is 2.13. The van der Waals surface area contributed by atoms with E-state index in [1.54, 1.807) is 13.0 Å². The van der Waals surface area contributed by atoms with Crippen LogP contribution in [0.25, 0.3) is 11.3 Å². The number of aromatic nitrogens is 1. The van der Waals surface area contributed by atoms with E-state index in [-0.39, 0.29) is 11.5 Å². The van der Waals surface area contributed by atoms with E-state index in [2.05, 4.69) is 10.3 Å². The monoisotopic (exact) mass is 289 g/mol. The first-order valence-electron chi connectivity index (χ1n) is 6.67. The molecule has 5 nitrogen and oxygen atoms in total. The van der Waals surface area contributed by atoms with E-state index < -0.39 is 4.92 Å². The Labute approximate surface area is 122 Å². The topological polar surface area (TPSA) is 68.1 Å². The highest BCUT2D eigenvalue weighted by molar-refractivity contribution is 5.66. The summed E-state index contributed by atoms with van der Waals surface area (Å²) in [5.41, 5.74) is 1.57. The summed E-state index contributed by atoms with van der Waals surface area (Å²) in [5.74, 6) is 0.0318. The fourth-order valence-electron chi connectivity index (χ4n) is 2.00. The van der Waals surface area contributed by atoms with Crippen LogP contribution in [-0.2, 0) is 0 Å². The van der Waals surface area contributed by atoms with Crippen molar-refractivity contribution in [1.82, 2.24) is 4.98 Å². The first kappa shape index (κ1) is 14.9. The summed E-state index contributed by atoms with van der Waals surface area (Å²) in [6, 6.07) is 7.20. The maximum Gasteiger partial charge on any atom is 0.275 e. The molecule has 2 rings (SSSR count). The molecule has 21 heavy (non-hydrogen) atoms. The van der Waals surface area contributed by atoms with Gasteiger partial charge in [0.2, 0.25) is 0 Å². The van der Waals surface area contributed by atoms with E-state index in [0.717, 1.165) is 12.0 Å². The zero-order chi connectivity index (χ0) is 15.4. The molecule has 0 radical (unpaired) electrons. The number of nitro groups is 1. The summed E-state index contributed by atoms with van der Waals surface area (Å²) in [7, 11) is 0. The SMILES string of the molecule is CCCNc1cc([N+](=O)[O-])cc(-c2cc(C)cc(F)c2)n1.